The molecule has 3 heterocycles. The van der Waals surface area contributed by atoms with Crippen molar-refractivity contribution in [3.63, 3.8) is 0 Å². The summed E-state index contributed by atoms with van der Waals surface area (Å²) in [6.07, 6.45) is 3.56. The van der Waals surface area contributed by atoms with Gasteiger partial charge in [-0.15, -0.1) is 5.10 Å². The van der Waals surface area contributed by atoms with Crippen LogP contribution in [0.25, 0.3) is 0 Å². The van der Waals surface area contributed by atoms with Crippen LogP contribution < -0.4 is 0 Å². The van der Waals surface area contributed by atoms with Gasteiger partial charge in [0, 0.05) is 12.6 Å². The van der Waals surface area contributed by atoms with Crippen LogP contribution in [0, 0.1) is 0 Å². The number of hydrogen-bond donors (Lipinski definition) is 0. The SMILES string of the molecule is CCCn1nnnc1CN1CCC[C@H]1c1ccsc1. The summed E-state index contributed by atoms with van der Waals surface area (Å²) in [5, 5.41) is 16.5. The number of likely N-dealkylation sites (tertiary alicyclic amines) is 1. The molecule has 0 spiro atoms. The number of thiophene rings is 1. The monoisotopic (exact) mass is 277 g/mol. The number of tetrazole rings is 1. The van der Waals surface area contributed by atoms with Crippen molar-refractivity contribution < 1.29 is 0 Å². The summed E-state index contributed by atoms with van der Waals surface area (Å²) in [4.78, 5) is 2.50. The fraction of sp³-hybridized carbons (Fsp3) is 0.615. The van der Waals surface area contributed by atoms with E-state index in [0.29, 0.717) is 6.04 Å². The van der Waals surface area contributed by atoms with Crippen LogP contribution in [0.15, 0.2) is 16.8 Å². The molecule has 2 aromatic heterocycles. The lowest BCUT2D eigenvalue weighted by Gasteiger charge is -2.23. The number of aryl methyl sites for hydroxylation is 1. The van der Waals surface area contributed by atoms with Crippen LogP contribution in [-0.2, 0) is 13.1 Å². The molecular formula is C13H19N5S. The molecule has 0 unspecified atom stereocenters. The number of hydrogen-bond acceptors (Lipinski definition) is 5. The zero-order chi connectivity index (χ0) is 13.1. The first-order chi connectivity index (χ1) is 9.38. The Morgan fingerprint density at radius 1 is 1.47 bits per heavy atom. The zero-order valence-electron chi connectivity index (χ0n) is 11.2. The van der Waals surface area contributed by atoms with E-state index in [9.17, 15) is 0 Å². The smallest absolute Gasteiger partial charge is 0.165 e. The number of rotatable bonds is 5. The van der Waals surface area contributed by atoms with Gasteiger partial charge in [0.05, 0.1) is 6.54 Å². The van der Waals surface area contributed by atoms with Crippen LogP contribution in [0.1, 0.15) is 43.6 Å². The molecule has 3 rings (SSSR count). The third-order valence-corrected chi connectivity index (χ3v) is 4.38. The van der Waals surface area contributed by atoms with Crippen molar-refractivity contribution in [2.75, 3.05) is 6.54 Å². The summed E-state index contributed by atoms with van der Waals surface area (Å²) in [5.41, 5.74) is 1.44. The first-order valence-electron chi connectivity index (χ1n) is 6.89. The Kier molecular flexibility index (Phi) is 3.89. The van der Waals surface area contributed by atoms with Crippen LogP contribution in [0.3, 0.4) is 0 Å². The van der Waals surface area contributed by atoms with Crippen molar-refractivity contribution in [2.24, 2.45) is 0 Å². The first-order valence-corrected chi connectivity index (χ1v) is 7.84. The molecule has 1 aliphatic heterocycles. The van der Waals surface area contributed by atoms with Crippen molar-refractivity contribution in [1.29, 1.82) is 0 Å². The van der Waals surface area contributed by atoms with E-state index >= 15 is 0 Å². The highest BCUT2D eigenvalue weighted by Crippen LogP contribution is 2.33. The molecule has 0 amide bonds. The molecule has 1 atom stereocenters. The Morgan fingerprint density at radius 2 is 2.42 bits per heavy atom. The Bertz CT molecular complexity index is 507. The average molecular weight is 277 g/mol. The van der Waals surface area contributed by atoms with Crippen molar-refractivity contribution in [3.05, 3.63) is 28.2 Å². The second-order valence-electron chi connectivity index (χ2n) is 5.00. The standard InChI is InChI=1S/C13H19N5S/c1-2-6-18-13(14-15-16-18)9-17-7-3-4-12(17)11-5-8-19-10-11/h5,8,10,12H,2-4,6-7,9H2,1H3/t12-/m0/s1. The Balaban J connectivity index is 1.73. The van der Waals surface area contributed by atoms with Gasteiger partial charge >= 0.3 is 0 Å². The normalized spacial score (nSPS) is 20.2. The fourth-order valence-electron chi connectivity index (χ4n) is 2.76. The van der Waals surface area contributed by atoms with Gasteiger partial charge in [-0.2, -0.15) is 11.3 Å². The molecule has 0 aromatic carbocycles. The van der Waals surface area contributed by atoms with E-state index in [2.05, 4.69) is 44.2 Å². The molecule has 1 fully saturated rings. The summed E-state index contributed by atoms with van der Waals surface area (Å²) < 4.78 is 1.93. The van der Waals surface area contributed by atoms with E-state index < -0.39 is 0 Å². The molecule has 1 aliphatic rings. The van der Waals surface area contributed by atoms with Crippen LogP contribution in [0.2, 0.25) is 0 Å². The molecule has 0 radical (unpaired) electrons. The van der Waals surface area contributed by atoms with Crippen molar-refractivity contribution in [3.8, 4) is 0 Å². The second kappa shape index (κ2) is 5.79. The van der Waals surface area contributed by atoms with Crippen LogP contribution in [0.5, 0.6) is 0 Å². The first kappa shape index (κ1) is 12.7. The maximum Gasteiger partial charge on any atom is 0.165 e. The fourth-order valence-corrected chi connectivity index (χ4v) is 3.47. The summed E-state index contributed by atoms with van der Waals surface area (Å²) in [6, 6.07) is 2.78. The van der Waals surface area contributed by atoms with E-state index in [4.69, 9.17) is 0 Å². The Labute approximate surface area is 117 Å². The lowest BCUT2D eigenvalue weighted by atomic mass is 10.1. The van der Waals surface area contributed by atoms with Crippen LogP contribution in [0.4, 0.5) is 0 Å². The molecule has 19 heavy (non-hydrogen) atoms. The molecule has 6 heteroatoms. The second-order valence-corrected chi connectivity index (χ2v) is 5.78. The maximum absolute atomic E-state index is 4.18. The molecule has 102 valence electrons. The molecular weight excluding hydrogens is 258 g/mol. The zero-order valence-corrected chi connectivity index (χ0v) is 12.0. The topological polar surface area (TPSA) is 46.8 Å². The van der Waals surface area contributed by atoms with Crippen molar-refractivity contribution in [2.45, 2.75) is 45.3 Å². The molecule has 1 saturated heterocycles. The maximum atomic E-state index is 4.18. The van der Waals surface area contributed by atoms with Gasteiger partial charge in [-0.3, -0.25) is 4.90 Å². The lowest BCUT2D eigenvalue weighted by Crippen LogP contribution is -2.24. The van der Waals surface area contributed by atoms with Gasteiger partial charge in [0.1, 0.15) is 0 Å². The Hall–Kier alpha value is -1.27. The van der Waals surface area contributed by atoms with Gasteiger partial charge in [0.2, 0.25) is 0 Å². The molecule has 0 bridgehead atoms. The molecule has 0 saturated carbocycles. The minimum atomic E-state index is 0.540. The van der Waals surface area contributed by atoms with E-state index in [-0.39, 0.29) is 0 Å². The third-order valence-electron chi connectivity index (χ3n) is 3.68. The van der Waals surface area contributed by atoms with Crippen molar-refractivity contribution in [1.82, 2.24) is 25.1 Å². The van der Waals surface area contributed by atoms with E-state index in [1.165, 1.54) is 18.4 Å². The van der Waals surface area contributed by atoms with Crippen LogP contribution >= 0.6 is 11.3 Å². The molecule has 2 aromatic rings. The molecule has 0 aliphatic carbocycles. The van der Waals surface area contributed by atoms with E-state index in [1.807, 2.05) is 4.68 Å². The summed E-state index contributed by atoms with van der Waals surface area (Å²) in [5.74, 6) is 0.990. The van der Waals surface area contributed by atoms with Gasteiger partial charge in [0.15, 0.2) is 5.82 Å². The summed E-state index contributed by atoms with van der Waals surface area (Å²) >= 11 is 1.78. The quantitative estimate of drug-likeness (QED) is 0.842. The van der Waals surface area contributed by atoms with Crippen LogP contribution in [-0.4, -0.2) is 31.7 Å². The van der Waals surface area contributed by atoms with Gasteiger partial charge in [-0.25, -0.2) is 4.68 Å². The summed E-state index contributed by atoms with van der Waals surface area (Å²) in [7, 11) is 0. The van der Waals surface area contributed by atoms with E-state index in [0.717, 1.165) is 31.9 Å². The minimum Gasteiger partial charge on any atom is -0.289 e. The van der Waals surface area contributed by atoms with Gasteiger partial charge < -0.3 is 0 Å². The van der Waals surface area contributed by atoms with Gasteiger partial charge in [0.25, 0.3) is 0 Å². The molecule has 5 nitrogen and oxygen atoms in total. The minimum absolute atomic E-state index is 0.540. The third kappa shape index (κ3) is 2.69. The highest BCUT2D eigenvalue weighted by Gasteiger charge is 2.27. The summed E-state index contributed by atoms with van der Waals surface area (Å²) in [6.45, 7) is 5.04. The molecule has 0 N–H and O–H groups in total. The van der Waals surface area contributed by atoms with E-state index in [1.54, 1.807) is 11.3 Å². The predicted octanol–water partition coefficient (Wildman–Crippen LogP) is 2.48. The lowest BCUT2D eigenvalue weighted by molar-refractivity contribution is 0.237. The number of nitrogens with zero attached hydrogens (tertiary/aromatic N) is 5. The van der Waals surface area contributed by atoms with Gasteiger partial charge in [-0.05, 0) is 58.6 Å². The average Bonchev–Trinajstić information content (AvgIpc) is 3.12. The predicted molar refractivity (Wildman–Crippen MR) is 74.8 cm³/mol. The Morgan fingerprint density at radius 3 is 3.21 bits per heavy atom. The number of aromatic nitrogens is 4. The highest BCUT2D eigenvalue weighted by molar-refractivity contribution is 7.07. The van der Waals surface area contributed by atoms with Gasteiger partial charge in [-0.1, -0.05) is 6.92 Å². The highest BCUT2D eigenvalue weighted by atomic mass is 32.1. The van der Waals surface area contributed by atoms with Crippen molar-refractivity contribution >= 4 is 11.3 Å². The largest absolute Gasteiger partial charge is 0.289 e.